The number of nitrogens with zero attached hydrogens (tertiary/aromatic N) is 8. The predicted molar refractivity (Wildman–Crippen MR) is 119 cm³/mol. The maximum Gasteiger partial charge on any atom is 0.368 e. The SMILES string of the molecule is CCC(=NN=C(C)c1c(C)nn(C)c1Cl)OCc1c(C)cccc1-n1nnn(C)c1=O. The van der Waals surface area contributed by atoms with Crippen LogP contribution < -0.4 is 5.69 Å². The number of aromatic nitrogens is 6. The molecule has 0 fully saturated rings. The van der Waals surface area contributed by atoms with Crippen molar-refractivity contribution in [3.63, 3.8) is 0 Å². The van der Waals surface area contributed by atoms with Crippen LogP contribution in [0, 0.1) is 13.8 Å². The maximum atomic E-state index is 12.3. The highest BCUT2D eigenvalue weighted by Crippen LogP contribution is 2.20. The molecule has 0 unspecified atom stereocenters. The summed E-state index contributed by atoms with van der Waals surface area (Å²) in [5.74, 6) is 0.456. The van der Waals surface area contributed by atoms with Crippen LogP contribution in [-0.4, -0.2) is 41.2 Å². The van der Waals surface area contributed by atoms with Gasteiger partial charge in [0, 0.05) is 26.1 Å². The van der Waals surface area contributed by atoms with E-state index in [-0.39, 0.29) is 12.3 Å². The molecule has 0 bridgehead atoms. The number of aryl methyl sites for hydroxylation is 4. The summed E-state index contributed by atoms with van der Waals surface area (Å²) in [6.07, 6.45) is 0.544. The van der Waals surface area contributed by atoms with E-state index in [1.54, 1.807) is 24.8 Å². The van der Waals surface area contributed by atoms with Crippen LogP contribution >= 0.6 is 11.6 Å². The van der Waals surface area contributed by atoms with Gasteiger partial charge in [-0.3, -0.25) is 4.68 Å². The van der Waals surface area contributed by atoms with Gasteiger partial charge in [0.05, 0.1) is 22.7 Å². The lowest BCUT2D eigenvalue weighted by atomic mass is 10.1. The molecule has 0 spiro atoms. The highest BCUT2D eigenvalue weighted by Gasteiger charge is 2.15. The van der Waals surface area contributed by atoms with Crippen molar-refractivity contribution in [3.8, 4) is 5.69 Å². The van der Waals surface area contributed by atoms with Crippen molar-refractivity contribution in [1.82, 2.24) is 29.6 Å². The molecule has 31 heavy (non-hydrogen) atoms. The van der Waals surface area contributed by atoms with E-state index in [9.17, 15) is 4.79 Å². The Morgan fingerprint density at radius 3 is 2.48 bits per heavy atom. The van der Waals surface area contributed by atoms with Gasteiger partial charge in [0.25, 0.3) is 0 Å². The summed E-state index contributed by atoms with van der Waals surface area (Å²) in [7, 11) is 3.33. The van der Waals surface area contributed by atoms with Crippen LogP contribution in [0.3, 0.4) is 0 Å². The van der Waals surface area contributed by atoms with Crippen molar-refractivity contribution in [2.75, 3.05) is 0 Å². The van der Waals surface area contributed by atoms with Gasteiger partial charge in [0.1, 0.15) is 11.8 Å². The Hall–Kier alpha value is -3.27. The van der Waals surface area contributed by atoms with E-state index in [4.69, 9.17) is 16.3 Å². The number of hydrogen-bond donors (Lipinski definition) is 0. The van der Waals surface area contributed by atoms with Gasteiger partial charge >= 0.3 is 5.69 Å². The van der Waals surface area contributed by atoms with E-state index < -0.39 is 0 Å². The summed E-state index contributed by atoms with van der Waals surface area (Å²) in [5, 5.41) is 21.1. The van der Waals surface area contributed by atoms with Gasteiger partial charge in [-0.05, 0) is 42.8 Å². The minimum absolute atomic E-state index is 0.207. The van der Waals surface area contributed by atoms with Crippen LogP contribution in [0.4, 0.5) is 0 Å². The maximum absolute atomic E-state index is 12.3. The van der Waals surface area contributed by atoms with E-state index in [0.29, 0.717) is 28.9 Å². The summed E-state index contributed by atoms with van der Waals surface area (Å²) < 4.78 is 9.96. The number of rotatable bonds is 6. The Labute approximate surface area is 184 Å². The molecular weight excluding hydrogens is 420 g/mol. The van der Waals surface area contributed by atoms with Crippen molar-refractivity contribution >= 4 is 23.2 Å². The topological polar surface area (TPSA) is 104 Å². The lowest BCUT2D eigenvalue weighted by Gasteiger charge is -2.13. The normalized spacial score (nSPS) is 12.5. The van der Waals surface area contributed by atoms with E-state index in [0.717, 1.165) is 22.4 Å². The van der Waals surface area contributed by atoms with Crippen LogP contribution in [0.1, 0.15) is 42.7 Å². The molecule has 0 saturated heterocycles. The Balaban J connectivity index is 1.86. The minimum Gasteiger partial charge on any atom is -0.475 e. The van der Waals surface area contributed by atoms with Gasteiger partial charge in [-0.15, -0.1) is 5.10 Å². The molecule has 0 atom stereocenters. The van der Waals surface area contributed by atoms with Gasteiger partial charge in [-0.2, -0.15) is 19.6 Å². The van der Waals surface area contributed by atoms with Crippen molar-refractivity contribution < 1.29 is 4.74 Å². The second-order valence-corrected chi connectivity index (χ2v) is 7.42. The third kappa shape index (κ3) is 4.58. The zero-order valence-electron chi connectivity index (χ0n) is 18.4. The van der Waals surface area contributed by atoms with Crippen molar-refractivity contribution in [2.24, 2.45) is 24.3 Å². The van der Waals surface area contributed by atoms with Crippen LogP contribution in [0.15, 0.2) is 33.2 Å². The molecular formula is C20H25ClN8O2. The second-order valence-electron chi connectivity index (χ2n) is 7.07. The molecule has 3 rings (SSSR count). The highest BCUT2D eigenvalue weighted by atomic mass is 35.5. The average Bonchev–Trinajstić information content (AvgIpc) is 3.20. The van der Waals surface area contributed by atoms with Crippen molar-refractivity contribution in [2.45, 2.75) is 40.7 Å². The standard InChI is InChI=1S/C20H25ClN8O2/c1-7-17(23-22-13(3)18-14(4)24-27(5)19(18)21)31-11-15-12(2)9-8-10-16(15)29-20(30)28(6)25-26-29/h8-10H,7,11H2,1-6H3. The Kier molecular flexibility index (Phi) is 6.69. The third-order valence-corrected chi connectivity index (χ3v) is 5.28. The molecule has 1 aromatic carbocycles. The fraction of sp³-hybridized carbons (Fsp3) is 0.400. The zero-order valence-corrected chi connectivity index (χ0v) is 19.2. The molecule has 0 aliphatic carbocycles. The number of halogens is 1. The zero-order chi connectivity index (χ0) is 22.7. The van der Waals surface area contributed by atoms with E-state index >= 15 is 0 Å². The van der Waals surface area contributed by atoms with Gasteiger partial charge in [-0.25, -0.2) is 4.79 Å². The monoisotopic (exact) mass is 444 g/mol. The number of benzene rings is 1. The molecule has 0 N–H and O–H groups in total. The molecule has 0 amide bonds. The van der Waals surface area contributed by atoms with Gasteiger partial charge < -0.3 is 4.74 Å². The van der Waals surface area contributed by atoms with E-state index in [2.05, 4.69) is 25.7 Å². The predicted octanol–water partition coefficient (Wildman–Crippen LogP) is 2.72. The lowest BCUT2D eigenvalue weighted by molar-refractivity contribution is 0.282. The van der Waals surface area contributed by atoms with Crippen LogP contribution in [0.2, 0.25) is 5.15 Å². The van der Waals surface area contributed by atoms with Gasteiger partial charge in [-0.1, -0.05) is 30.7 Å². The number of tetrazole rings is 1. The summed E-state index contributed by atoms with van der Waals surface area (Å²) in [6, 6.07) is 5.61. The smallest absolute Gasteiger partial charge is 0.368 e. The summed E-state index contributed by atoms with van der Waals surface area (Å²) >= 11 is 6.31. The molecule has 10 nitrogen and oxygen atoms in total. The number of hydrogen-bond acceptors (Lipinski definition) is 7. The fourth-order valence-corrected chi connectivity index (χ4v) is 3.43. The minimum atomic E-state index is -0.333. The molecule has 0 radical (unpaired) electrons. The quantitative estimate of drug-likeness (QED) is 0.330. The van der Waals surface area contributed by atoms with Crippen LogP contribution in [0.5, 0.6) is 0 Å². The Bertz CT molecular complexity index is 1220. The fourth-order valence-electron chi connectivity index (χ4n) is 3.12. The van der Waals surface area contributed by atoms with Gasteiger partial charge in [0.2, 0.25) is 5.90 Å². The van der Waals surface area contributed by atoms with Crippen LogP contribution in [-0.2, 0) is 25.4 Å². The van der Waals surface area contributed by atoms with E-state index in [1.165, 1.54) is 9.36 Å². The lowest BCUT2D eigenvalue weighted by Crippen LogP contribution is -2.23. The summed E-state index contributed by atoms with van der Waals surface area (Å²) in [4.78, 5) is 12.3. The summed E-state index contributed by atoms with van der Waals surface area (Å²) in [6.45, 7) is 7.78. The van der Waals surface area contributed by atoms with E-state index in [1.807, 2.05) is 39.8 Å². The largest absolute Gasteiger partial charge is 0.475 e. The first-order chi connectivity index (χ1) is 14.7. The molecule has 0 aliphatic rings. The molecule has 0 aliphatic heterocycles. The molecule has 2 heterocycles. The van der Waals surface area contributed by atoms with Crippen molar-refractivity contribution in [1.29, 1.82) is 0 Å². The second kappa shape index (κ2) is 9.25. The molecule has 0 saturated carbocycles. The number of ether oxygens (including phenoxy) is 1. The third-order valence-electron chi connectivity index (χ3n) is 4.85. The van der Waals surface area contributed by atoms with Crippen molar-refractivity contribution in [3.05, 3.63) is 56.2 Å². The molecule has 164 valence electrons. The molecule has 2 aromatic heterocycles. The molecule has 3 aromatic rings. The first-order valence-corrected chi connectivity index (χ1v) is 10.1. The Morgan fingerprint density at radius 1 is 1.16 bits per heavy atom. The highest BCUT2D eigenvalue weighted by molar-refractivity contribution is 6.33. The Morgan fingerprint density at radius 2 is 1.90 bits per heavy atom. The van der Waals surface area contributed by atoms with Crippen LogP contribution in [0.25, 0.3) is 5.69 Å². The summed E-state index contributed by atoms with van der Waals surface area (Å²) in [5.41, 5.74) is 4.24. The van der Waals surface area contributed by atoms with Gasteiger partial charge in [0.15, 0.2) is 0 Å². The average molecular weight is 445 g/mol. The first kappa shape index (κ1) is 22.4. The first-order valence-electron chi connectivity index (χ1n) is 9.75. The molecule has 11 heteroatoms.